The summed E-state index contributed by atoms with van der Waals surface area (Å²) in [5.41, 5.74) is 4.00. The van der Waals surface area contributed by atoms with Gasteiger partial charge in [-0.3, -0.25) is 0 Å². The molecule has 5 aromatic rings. The zero-order valence-corrected chi connectivity index (χ0v) is 19.2. The van der Waals surface area contributed by atoms with Crippen LogP contribution in [-0.2, 0) is 13.0 Å². The number of hydrogen-bond donors (Lipinski definition) is 1. The van der Waals surface area contributed by atoms with E-state index in [4.69, 9.17) is 20.1 Å². The van der Waals surface area contributed by atoms with E-state index in [0.717, 1.165) is 64.1 Å². The minimum atomic E-state index is 0.436. The van der Waals surface area contributed by atoms with Gasteiger partial charge < -0.3 is 9.88 Å². The van der Waals surface area contributed by atoms with Crippen molar-refractivity contribution < 1.29 is 0 Å². The molecule has 33 heavy (non-hydrogen) atoms. The molecule has 0 radical (unpaired) electrons. The third kappa shape index (κ3) is 3.71. The lowest BCUT2D eigenvalue weighted by Crippen LogP contribution is -2.27. The Hall–Kier alpha value is -3.48. The number of aromatic nitrogens is 6. The van der Waals surface area contributed by atoms with Crippen LogP contribution in [0.3, 0.4) is 0 Å². The number of anilines is 1. The SMILES string of the molecule is Cc1nc2ccccc2n1CCc1nc2c3ccccc3nc(NC3CCC(C)CC3)n2n1. The van der Waals surface area contributed by atoms with Crippen LogP contribution < -0.4 is 5.32 Å². The van der Waals surface area contributed by atoms with Crippen LogP contribution in [0.5, 0.6) is 0 Å². The molecule has 0 saturated heterocycles. The first-order valence-corrected chi connectivity index (χ1v) is 12.0. The van der Waals surface area contributed by atoms with Crippen molar-refractivity contribution in [3.8, 4) is 0 Å². The van der Waals surface area contributed by atoms with Gasteiger partial charge in [-0.15, -0.1) is 5.10 Å². The molecule has 2 aromatic carbocycles. The van der Waals surface area contributed by atoms with Crippen molar-refractivity contribution >= 4 is 33.5 Å². The van der Waals surface area contributed by atoms with Gasteiger partial charge in [-0.1, -0.05) is 31.2 Å². The van der Waals surface area contributed by atoms with Gasteiger partial charge in [0.05, 0.1) is 16.6 Å². The van der Waals surface area contributed by atoms with Gasteiger partial charge in [-0.2, -0.15) is 4.52 Å². The second-order valence-electron chi connectivity index (χ2n) is 9.37. The van der Waals surface area contributed by atoms with Crippen LogP contribution in [0.4, 0.5) is 5.95 Å². The Morgan fingerprint density at radius 1 is 0.909 bits per heavy atom. The molecule has 3 heterocycles. The van der Waals surface area contributed by atoms with E-state index in [2.05, 4.69) is 54.1 Å². The number of benzene rings is 2. The first kappa shape index (κ1) is 20.1. The van der Waals surface area contributed by atoms with Crippen molar-refractivity contribution in [2.24, 2.45) is 5.92 Å². The average Bonchev–Trinajstić information content (AvgIpc) is 3.40. The zero-order chi connectivity index (χ0) is 22.4. The molecule has 7 nitrogen and oxygen atoms in total. The second kappa shape index (κ2) is 8.14. The van der Waals surface area contributed by atoms with Gasteiger partial charge in [-0.05, 0) is 62.8 Å². The molecule has 0 aliphatic heterocycles. The molecular weight excluding hydrogens is 410 g/mol. The maximum Gasteiger partial charge on any atom is 0.226 e. The summed E-state index contributed by atoms with van der Waals surface area (Å²) >= 11 is 0. The monoisotopic (exact) mass is 439 g/mol. The lowest BCUT2D eigenvalue weighted by atomic mass is 9.87. The minimum Gasteiger partial charge on any atom is -0.351 e. The summed E-state index contributed by atoms with van der Waals surface area (Å²) in [4.78, 5) is 14.6. The van der Waals surface area contributed by atoms with E-state index in [1.165, 1.54) is 25.7 Å². The quantitative estimate of drug-likeness (QED) is 0.409. The van der Waals surface area contributed by atoms with Gasteiger partial charge in [0.15, 0.2) is 11.5 Å². The molecule has 3 aromatic heterocycles. The van der Waals surface area contributed by atoms with Gasteiger partial charge in [0.2, 0.25) is 5.95 Å². The number of imidazole rings is 1. The number of rotatable bonds is 5. The molecule has 1 fully saturated rings. The molecule has 168 valence electrons. The van der Waals surface area contributed by atoms with E-state index < -0.39 is 0 Å². The lowest BCUT2D eigenvalue weighted by Gasteiger charge is -2.27. The van der Waals surface area contributed by atoms with E-state index in [1.54, 1.807) is 0 Å². The summed E-state index contributed by atoms with van der Waals surface area (Å²) in [6.45, 7) is 5.19. The Morgan fingerprint density at radius 2 is 1.67 bits per heavy atom. The highest BCUT2D eigenvalue weighted by atomic mass is 15.4. The molecule has 1 saturated carbocycles. The standard InChI is InChI=1S/C26H29N7/c1-17-11-13-19(14-12-17)28-26-29-21-8-4-3-7-20(21)25-30-24(31-33(25)26)15-16-32-18(2)27-22-9-5-6-10-23(22)32/h3-10,17,19H,11-16H2,1-2H3,(H,28,29). The molecule has 1 aliphatic rings. The van der Waals surface area contributed by atoms with Crippen molar-refractivity contribution in [1.82, 2.24) is 29.1 Å². The van der Waals surface area contributed by atoms with Crippen LogP contribution in [0.15, 0.2) is 48.5 Å². The maximum atomic E-state index is 4.95. The van der Waals surface area contributed by atoms with Crippen LogP contribution in [0.2, 0.25) is 0 Å². The molecule has 7 heteroatoms. The Bertz CT molecular complexity index is 1440. The number of aryl methyl sites for hydroxylation is 3. The van der Waals surface area contributed by atoms with Gasteiger partial charge in [0.1, 0.15) is 5.82 Å². The molecule has 6 rings (SSSR count). The van der Waals surface area contributed by atoms with Crippen molar-refractivity contribution in [3.63, 3.8) is 0 Å². The minimum absolute atomic E-state index is 0.436. The Morgan fingerprint density at radius 3 is 2.52 bits per heavy atom. The van der Waals surface area contributed by atoms with Crippen molar-refractivity contribution in [2.45, 2.75) is 58.5 Å². The number of nitrogens with zero attached hydrogens (tertiary/aromatic N) is 6. The van der Waals surface area contributed by atoms with Gasteiger partial charge in [0, 0.05) is 24.4 Å². The predicted molar refractivity (Wildman–Crippen MR) is 132 cm³/mol. The fourth-order valence-electron chi connectivity index (χ4n) is 5.07. The fourth-order valence-corrected chi connectivity index (χ4v) is 5.07. The highest BCUT2D eigenvalue weighted by Gasteiger charge is 2.21. The molecule has 0 unspecified atom stereocenters. The molecule has 1 aliphatic carbocycles. The number of hydrogen-bond acceptors (Lipinski definition) is 5. The number of nitrogens with one attached hydrogen (secondary N) is 1. The van der Waals surface area contributed by atoms with Crippen molar-refractivity contribution in [3.05, 3.63) is 60.2 Å². The van der Waals surface area contributed by atoms with Gasteiger partial charge in [-0.25, -0.2) is 15.0 Å². The molecule has 0 amide bonds. The van der Waals surface area contributed by atoms with Crippen LogP contribution >= 0.6 is 0 Å². The van der Waals surface area contributed by atoms with Crippen LogP contribution in [0, 0.1) is 12.8 Å². The van der Waals surface area contributed by atoms with Crippen LogP contribution in [0.25, 0.3) is 27.6 Å². The third-order valence-corrected chi connectivity index (χ3v) is 6.98. The summed E-state index contributed by atoms with van der Waals surface area (Å²) in [5, 5.41) is 9.62. The summed E-state index contributed by atoms with van der Waals surface area (Å²) in [6, 6.07) is 16.9. The van der Waals surface area contributed by atoms with Crippen molar-refractivity contribution in [2.75, 3.05) is 5.32 Å². The molecule has 0 atom stereocenters. The largest absolute Gasteiger partial charge is 0.351 e. The van der Waals surface area contributed by atoms with Crippen molar-refractivity contribution in [1.29, 1.82) is 0 Å². The fraction of sp³-hybridized carbons (Fsp3) is 0.385. The van der Waals surface area contributed by atoms with Crippen LogP contribution in [-0.4, -0.2) is 35.2 Å². The van der Waals surface area contributed by atoms with E-state index in [0.29, 0.717) is 6.04 Å². The average molecular weight is 440 g/mol. The number of para-hydroxylation sites is 3. The van der Waals surface area contributed by atoms with Gasteiger partial charge >= 0.3 is 0 Å². The summed E-state index contributed by atoms with van der Waals surface area (Å²) in [6.07, 6.45) is 5.60. The second-order valence-corrected chi connectivity index (χ2v) is 9.37. The normalized spacial score (nSPS) is 19.0. The Balaban J connectivity index is 1.35. The number of fused-ring (bicyclic) bond motifs is 4. The summed E-state index contributed by atoms with van der Waals surface area (Å²) < 4.78 is 4.16. The van der Waals surface area contributed by atoms with E-state index >= 15 is 0 Å². The molecule has 0 bridgehead atoms. The lowest BCUT2D eigenvalue weighted by molar-refractivity contribution is 0.360. The highest BCUT2D eigenvalue weighted by molar-refractivity contribution is 5.92. The zero-order valence-electron chi connectivity index (χ0n) is 19.2. The smallest absolute Gasteiger partial charge is 0.226 e. The Labute approximate surface area is 192 Å². The molecule has 1 N–H and O–H groups in total. The first-order chi connectivity index (χ1) is 16.2. The predicted octanol–water partition coefficient (Wildman–Crippen LogP) is 5.17. The summed E-state index contributed by atoms with van der Waals surface area (Å²) in [5.74, 6) is 3.45. The first-order valence-electron chi connectivity index (χ1n) is 12.0. The van der Waals surface area contributed by atoms with E-state index in [-0.39, 0.29) is 0 Å². The van der Waals surface area contributed by atoms with E-state index in [9.17, 15) is 0 Å². The Kier molecular flexibility index (Phi) is 4.97. The maximum absolute atomic E-state index is 4.95. The van der Waals surface area contributed by atoms with Crippen LogP contribution in [0.1, 0.15) is 44.3 Å². The molecule has 0 spiro atoms. The molecular formula is C26H29N7. The van der Waals surface area contributed by atoms with E-state index in [1.807, 2.05) is 22.7 Å². The highest BCUT2D eigenvalue weighted by Crippen LogP contribution is 2.27. The third-order valence-electron chi connectivity index (χ3n) is 6.98. The topological polar surface area (TPSA) is 72.9 Å². The summed E-state index contributed by atoms with van der Waals surface area (Å²) in [7, 11) is 0. The van der Waals surface area contributed by atoms with Gasteiger partial charge in [0.25, 0.3) is 0 Å².